The average molecular weight is 429 g/mol. The summed E-state index contributed by atoms with van der Waals surface area (Å²) in [5.74, 6) is -0.273. The Morgan fingerprint density at radius 3 is 2.77 bits per heavy atom. The van der Waals surface area contributed by atoms with Crippen molar-refractivity contribution in [3.05, 3.63) is 50.6 Å². The number of nitrogens with two attached hydrogens (primary N) is 1. The molecule has 0 amide bonds. The number of halogens is 1. The molecule has 0 spiro atoms. The maximum atomic E-state index is 15.6. The molecule has 3 N–H and O–H groups in total. The largest absolute Gasteiger partial charge is 0.492 e. The van der Waals surface area contributed by atoms with Crippen LogP contribution < -0.4 is 26.6 Å². The zero-order chi connectivity index (χ0) is 21.9. The van der Waals surface area contributed by atoms with Gasteiger partial charge in [0, 0.05) is 24.7 Å². The summed E-state index contributed by atoms with van der Waals surface area (Å²) in [4.78, 5) is 33.6. The zero-order valence-corrected chi connectivity index (χ0v) is 17.4. The SMILES string of the molecule is COc1c(N2CCC(C(N)c3cocn3)C2)c(F)c(C)c2c(=O)[nH]c(=O)n(C3CC3)c12. The van der Waals surface area contributed by atoms with Crippen molar-refractivity contribution in [2.45, 2.75) is 38.3 Å². The Bertz CT molecular complexity index is 1260. The van der Waals surface area contributed by atoms with Crippen LogP contribution >= 0.6 is 0 Å². The van der Waals surface area contributed by atoms with Crippen LogP contribution in [-0.4, -0.2) is 34.7 Å². The van der Waals surface area contributed by atoms with Gasteiger partial charge in [0.2, 0.25) is 0 Å². The van der Waals surface area contributed by atoms with Crippen LogP contribution in [-0.2, 0) is 0 Å². The average Bonchev–Trinajstić information content (AvgIpc) is 3.23. The lowest BCUT2D eigenvalue weighted by Crippen LogP contribution is -2.32. The first-order valence-electron chi connectivity index (χ1n) is 10.4. The molecule has 31 heavy (non-hydrogen) atoms. The number of benzene rings is 1. The van der Waals surface area contributed by atoms with Crippen molar-refractivity contribution in [2.75, 3.05) is 25.1 Å². The molecule has 2 fully saturated rings. The van der Waals surface area contributed by atoms with Gasteiger partial charge in [0.1, 0.15) is 17.5 Å². The highest BCUT2D eigenvalue weighted by atomic mass is 19.1. The molecule has 3 heterocycles. The molecule has 1 aromatic carbocycles. The molecule has 1 saturated heterocycles. The van der Waals surface area contributed by atoms with Crippen molar-refractivity contribution < 1.29 is 13.5 Å². The van der Waals surface area contributed by atoms with E-state index in [9.17, 15) is 9.59 Å². The minimum Gasteiger partial charge on any atom is -0.492 e. The van der Waals surface area contributed by atoms with Crippen LogP contribution in [0, 0.1) is 18.7 Å². The van der Waals surface area contributed by atoms with Crippen molar-refractivity contribution >= 4 is 16.6 Å². The smallest absolute Gasteiger partial charge is 0.329 e. The maximum absolute atomic E-state index is 15.6. The molecule has 0 bridgehead atoms. The van der Waals surface area contributed by atoms with E-state index in [4.69, 9.17) is 14.9 Å². The Hall–Kier alpha value is -3.14. The number of hydrogen-bond donors (Lipinski definition) is 2. The number of aromatic nitrogens is 3. The lowest BCUT2D eigenvalue weighted by Gasteiger charge is -2.26. The first-order chi connectivity index (χ1) is 14.9. The number of rotatable bonds is 5. The number of hydrogen-bond acceptors (Lipinski definition) is 7. The first kappa shape index (κ1) is 19.8. The third kappa shape index (κ3) is 3.04. The molecule has 2 unspecified atom stereocenters. The van der Waals surface area contributed by atoms with Gasteiger partial charge < -0.3 is 19.8 Å². The Morgan fingerprint density at radius 2 is 2.13 bits per heavy atom. The molecule has 10 heteroatoms. The van der Waals surface area contributed by atoms with Crippen LogP contribution in [0.4, 0.5) is 10.1 Å². The van der Waals surface area contributed by atoms with Gasteiger partial charge in [0.25, 0.3) is 5.56 Å². The van der Waals surface area contributed by atoms with Gasteiger partial charge in [-0.3, -0.25) is 14.3 Å². The lowest BCUT2D eigenvalue weighted by atomic mass is 9.97. The molecule has 2 atom stereocenters. The molecule has 1 saturated carbocycles. The van der Waals surface area contributed by atoms with E-state index in [0.717, 1.165) is 19.3 Å². The van der Waals surface area contributed by atoms with Gasteiger partial charge in [-0.1, -0.05) is 0 Å². The van der Waals surface area contributed by atoms with E-state index in [2.05, 4.69) is 9.97 Å². The molecule has 0 radical (unpaired) electrons. The van der Waals surface area contributed by atoms with Gasteiger partial charge >= 0.3 is 5.69 Å². The summed E-state index contributed by atoms with van der Waals surface area (Å²) in [6.45, 7) is 2.61. The summed E-state index contributed by atoms with van der Waals surface area (Å²) in [6, 6.07) is -0.364. The van der Waals surface area contributed by atoms with Crippen LogP contribution in [0.15, 0.2) is 26.7 Å². The molecule has 2 aliphatic rings. The van der Waals surface area contributed by atoms with Gasteiger partial charge in [-0.05, 0) is 32.1 Å². The fourth-order valence-corrected chi connectivity index (χ4v) is 4.69. The van der Waals surface area contributed by atoms with E-state index in [1.807, 2.05) is 4.90 Å². The normalized spacial score (nSPS) is 19.9. The quantitative estimate of drug-likeness (QED) is 0.637. The van der Waals surface area contributed by atoms with Gasteiger partial charge in [-0.15, -0.1) is 0 Å². The second-order valence-corrected chi connectivity index (χ2v) is 8.34. The number of nitrogens with zero attached hydrogens (tertiary/aromatic N) is 3. The molecule has 3 aromatic rings. The summed E-state index contributed by atoms with van der Waals surface area (Å²) < 4.78 is 27.9. The first-order valence-corrected chi connectivity index (χ1v) is 10.4. The standard InChI is InChI=1S/C21H24FN5O4/c1-10-14-17(27(12-3-4-12)21(29)25-20(14)28)19(30-2)18(15(10)22)26-6-5-11(7-26)16(23)13-8-31-9-24-13/h8-9,11-12,16H,3-7,23H2,1-2H3,(H,25,28,29). The number of aryl methyl sites for hydroxylation is 1. The molecular formula is C21H24FN5O4. The molecule has 2 aromatic heterocycles. The minimum atomic E-state index is -0.606. The van der Waals surface area contributed by atoms with Gasteiger partial charge in [-0.2, -0.15) is 0 Å². The highest BCUT2D eigenvalue weighted by Crippen LogP contribution is 2.45. The summed E-state index contributed by atoms with van der Waals surface area (Å²) in [6.07, 6.45) is 5.25. The summed E-state index contributed by atoms with van der Waals surface area (Å²) in [5, 5.41) is 0.152. The fourth-order valence-electron chi connectivity index (χ4n) is 4.69. The van der Waals surface area contributed by atoms with Crippen LogP contribution in [0.2, 0.25) is 0 Å². The summed E-state index contributed by atoms with van der Waals surface area (Å²) in [7, 11) is 1.44. The predicted octanol–water partition coefficient (Wildman–Crippen LogP) is 2.00. The monoisotopic (exact) mass is 429 g/mol. The summed E-state index contributed by atoms with van der Waals surface area (Å²) >= 11 is 0. The topological polar surface area (TPSA) is 119 Å². The van der Waals surface area contributed by atoms with Gasteiger partial charge in [0.05, 0.1) is 24.2 Å². The molecule has 5 rings (SSSR count). The van der Waals surface area contributed by atoms with E-state index in [0.29, 0.717) is 24.3 Å². The molecule has 9 nitrogen and oxygen atoms in total. The zero-order valence-electron chi connectivity index (χ0n) is 17.4. The third-order valence-corrected chi connectivity index (χ3v) is 6.44. The van der Waals surface area contributed by atoms with Crippen LogP contribution in [0.25, 0.3) is 10.9 Å². The second kappa shape index (κ2) is 7.23. The van der Waals surface area contributed by atoms with E-state index < -0.39 is 17.1 Å². The fraction of sp³-hybridized carbons (Fsp3) is 0.476. The lowest BCUT2D eigenvalue weighted by molar-refractivity contribution is 0.412. The number of methoxy groups -OCH3 is 1. The Morgan fingerprint density at radius 1 is 1.35 bits per heavy atom. The number of ether oxygens (including phenoxy) is 1. The van der Waals surface area contributed by atoms with Crippen LogP contribution in [0.1, 0.15) is 42.6 Å². The van der Waals surface area contributed by atoms with E-state index in [1.54, 1.807) is 11.5 Å². The van der Waals surface area contributed by atoms with E-state index in [1.165, 1.54) is 19.8 Å². The number of anilines is 1. The van der Waals surface area contributed by atoms with E-state index >= 15 is 4.39 Å². The second-order valence-electron chi connectivity index (χ2n) is 8.34. The number of nitrogens with one attached hydrogen (secondary N) is 1. The maximum Gasteiger partial charge on any atom is 0.329 e. The Labute approximate surface area is 176 Å². The minimum absolute atomic E-state index is 0.0228. The highest BCUT2D eigenvalue weighted by molar-refractivity contribution is 5.93. The molecule has 164 valence electrons. The third-order valence-electron chi connectivity index (χ3n) is 6.44. The van der Waals surface area contributed by atoms with Crippen LogP contribution in [0.3, 0.4) is 0 Å². The Kier molecular flexibility index (Phi) is 4.62. The van der Waals surface area contributed by atoms with Crippen LogP contribution in [0.5, 0.6) is 5.75 Å². The van der Waals surface area contributed by atoms with Crippen molar-refractivity contribution in [2.24, 2.45) is 11.7 Å². The molecular weight excluding hydrogens is 405 g/mol. The predicted molar refractivity (Wildman–Crippen MR) is 112 cm³/mol. The highest BCUT2D eigenvalue weighted by Gasteiger charge is 2.36. The van der Waals surface area contributed by atoms with Gasteiger partial charge in [-0.25, -0.2) is 14.2 Å². The molecule has 1 aliphatic heterocycles. The van der Waals surface area contributed by atoms with Crippen molar-refractivity contribution in [3.8, 4) is 5.75 Å². The van der Waals surface area contributed by atoms with Crippen molar-refractivity contribution in [1.29, 1.82) is 0 Å². The Balaban J connectivity index is 1.66. The number of oxazole rings is 1. The number of aromatic amines is 1. The number of fused-ring (bicyclic) bond motifs is 1. The van der Waals surface area contributed by atoms with Crippen molar-refractivity contribution in [3.63, 3.8) is 0 Å². The summed E-state index contributed by atoms with van der Waals surface area (Å²) in [5.41, 5.74) is 6.74. The van der Waals surface area contributed by atoms with Crippen molar-refractivity contribution in [1.82, 2.24) is 14.5 Å². The molecule has 1 aliphatic carbocycles. The van der Waals surface area contributed by atoms with E-state index in [-0.39, 0.29) is 40.4 Å². The number of H-pyrrole nitrogens is 1. The van der Waals surface area contributed by atoms with Gasteiger partial charge in [0.15, 0.2) is 18.0 Å².